The number of benzene rings is 1. The van der Waals surface area contributed by atoms with Crippen LogP contribution in [0, 0.1) is 5.82 Å². The summed E-state index contributed by atoms with van der Waals surface area (Å²) in [7, 11) is 0. The van der Waals surface area contributed by atoms with Gasteiger partial charge in [-0.3, -0.25) is 4.79 Å². The van der Waals surface area contributed by atoms with Gasteiger partial charge in [0.2, 0.25) is 0 Å². The van der Waals surface area contributed by atoms with Crippen LogP contribution in [0.2, 0.25) is 0 Å². The van der Waals surface area contributed by atoms with Gasteiger partial charge in [-0.15, -0.1) is 11.3 Å². The average Bonchev–Trinajstić information content (AvgIpc) is 3.38. The second-order valence-corrected chi connectivity index (χ2v) is 7.55. The molecular formula is C21H19FN4OS. The summed E-state index contributed by atoms with van der Waals surface area (Å²) in [6.45, 7) is 0.229. The van der Waals surface area contributed by atoms with Crippen molar-refractivity contribution < 1.29 is 9.18 Å². The SMILES string of the molecule is NC[C@H](Cc1ccccc1F)NC(=O)c1ccc(-c2ccnc3[nH]ccc23)s1. The van der Waals surface area contributed by atoms with Crippen molar-refractivity contribution in [2.45, 2.75) is 12.5 Å². The maximum Gasteiger partial charge on any atom is 0.261 e. The number of carbonyl (C=O) groups excluding carboxylic acids is 1. The molecule has 0 spiro atoms. The number of nitrogens with zero attached hydrogens (tertiary/aromatic N) is 1. The van der Waals surface area contributed by atoms with Gasteiger partial charge < -0.3 is 16.0 Å². The monoisotopic (exact) mass is 394 g/mol. The Balaban J connectivity index is 1.51. The van der Waals surface area contributed by atoms with Crippen LogP contribution in [0.15, 0.2) is 60.9 Å². The van der Waals surface area contributed by atoms with E-state index in [1.165, 1.54) is 17.4 Å². The van der Waals surface area contributed by atoms with Crippen LogP contribution >= 0.6 is 11.3 Å². The predicted molar refractivity (Wildman–Crippen MR) is 110 cm³/mol. The largest absolute Gasteiger partial charge is 0.347 e. The highest BCUT2D eigenvalue weighted by molar-refractivity contribution is 7.17. The van der Waals surface area contributed by atoms with E-state index in [-0.39, 0.29) is 24.3 Å². The fourth-order valence-electron chi connectivity index (χ4n) is 3.16. The van der Waals surface area contributed by atoms with Crippen molar-refractivity contribution in [3.05, 3.63) is 77.2 Å². The van der Waals surface area contributed by atoms with Crippen LogP contribution in [0.1, 0.15) is 15.2 Å². The first-order valence-corrected chi connectivity index (χ1v) is 9.74. The highest BCUT2D eigenvalue weighted by Crippen LogP contribution is 2.32. The smallest absolute Gasteiger partial charge is 0.261 e. The molecule has 28 heavy (non-hydrogen) atoms. The number of nitrogens with one attached hydrogen (secondary N) is 2. The van der Waals surface area contributed by atoms with Gasteiger partial charge >= 0.3 is 0 Å². The summed E-state index contributed by atoms with van der Waals surface area (Å²) in [5, 5.41) is 3.93. The van der Waals surface area contributed by atoms with Gasteiger partial charge in [-0.25, -0.2) is 9.37 Å². The predicted octanol–water partition coefficient (Wildman–Crippen LogP) is 3.73. The number of aromatic nitrogens is 2. The number of hydrogen-bond donors (Lipinski definition) is 3. The van der Waals surface area contributed by atoms with Crippen molar-refractivity contribution >= 4 is 28.3 Å². The summed E-state index contributed by atoms with van der Waals surface area (Å²) in [6.07, 6.45) is 3.94. The van der Waals surface area contributed by atoms with E-state index in [1.807, 2.05) is 24.4 Å². The van der Waals surface area contributed by atoms with Crippen LogP contribution in [0.5, 0.6) is 0 Å². The van der Waals surface area contributed by atoms with E-state index < -0.39 is 0 Å². The van der Waals surface area contributed by atoms with Gasteiger partial charge in [0, 0.05) is 40.8 Å². The third-order valence-electron chi connectivity index (χ3n) is 4.60. The Hall–Kier alpha value is -3.03. The molecule has 4 aromatic rings. The zero-order valence-electron chi connectivity index (χ0n) is 15.0. The molecule has 1 aromatic carbocycles. The number of amides is 1. The van der Waals surface area contributed by atoms with E-state index in [2.05, 4.69) is 15.3 Å². The lowest BCUT2D eigenvalue weighted by molar-refractivity contribution is 0.0942. The first-order valence-electron chi connectivity index (χ1n) is 8.92. The highest BCUT2D eigenvalue weighted by Gasteiger charge is 2.17. The first kappa shape index (κ1) is 18.3. The molecule has 0 radical (unpaired) electrons. The maximum absolute atomic E-state index is 13.9. The van der Waals surface area contributed by atoms with Crippen molar-refractivity contribution in [3.8, 4) is 10.4 Å². The molecule has 142 valence electrons. The lowest BCUT2D eigenvalue weighted by atomic mass is 10.1. The molecule has 7 heteroatoms. The van der Waals surface area contributed by atoms with Crippen LogP contribution in [-0.4, -0.2) is 28.5 Å². The van der Waals surface area contributed by atoms with E-state index in [0.29, 0.717) is 16.9 Å². The summed E-state index contributed by atoms with van der Waals surface area (Å²) in [5.74, 6) is -0.496. The highest BCUT2D eigenvalue weighted by atomic mass is 32.1. The number of rotatable bonds is 6. The van der Waals surface area contributed by atoms with E-state index in [0.717, 1.165) is 21.5 Å². The van der Waals surface area contributed by atoms with Gasteiger partial charge in [-0.1, -0.05) is 18.2 Å². The summed E-state index contributed by atoms with van der Waals surface area (Å²) in [5.41, 5.74) is 8.17. The molecule has 3 aromatic heterocycles. The number of fused-ring (bicyclic) bond motifs is 1. The van der Waals surface area contributed by atoms with E-state index in [1.54, 1.807) is 30.5 Å². The summed E-state index contributed by atoms with van der Waals surface area (Å²) >= 11 is 1.41. The number of nitrogens with two attached hydrogens (primary N) is 1. The maximum atomic E-state index is 13.9. The molecule has 4 rings (SSSR count). The Labute approximate surface area is 165 Å². The van der Waals surface area contributed by atoms with E-state index >= 15 is 0 Å². The van der Waals surface area contributed by atoms with Crippen LogP contribution < -0.4 is 11.1 Å². The second-order valence-electron chi connectivity index (χ2n) is 6.46. The molecule has 0 aliphatic rings. The average molecular weight is 394 g/mol. The molecule has 5 nitrogen and oxygen atoms in total. The van der Waals surface area contributed by atoms with Crippen molar-refractivity contribution in [1.82, 2.24) is 15.3 Å². The molecule has 0 saturated heterocycles. The van der Waals surface area contributed by atoms with Gasteiger partial charge in [0.25, 0.3) is 5.91 Å². The van der Waals surface area contributed by atoms with Gasteiger partial charge in [0.05, 0.1) is 4.88 Å². The molecule has 4 N–H and O–H groups in total. The van der Waals surface area contributed by atoms with Crippen molar-refractivity contribution in [1.29, 1.82) is 0 Å². The molecular weight excluding hydrogens is 375 g/mol. The molecule has 0 unspecified atom stereocenters. The van der Waals surface area contributed by atoms with E-state index in [4.69, 9.17) is 5.73 Å². The molecule has 0 saturated carbocycles. The minimum absolute atomic E-state index is 0.206. The Morgan fingerprint density at radius 2 is 2.07 bits per heavy atom. The Morgan fingerprint density at radius 3 is 2.89 bits per heavy atom. The Morgan fingerprint density at radius 1 is 1.21 bits per heavy atom. The molecule has 1 atom stereocenters. The number of hydrogen-bond acceptors (Lipinski definition) is 4. The van der Waals surface area contributed by atoms with Gasteiger partial charge in [0.15, 0.2) is 0 Å². The quantitative estimate of drug-likeness (QED) is 0.466. The zero-order valence-corrected chi connectivity index (χ0v) is 15.8. The van der Waals surface area contributed by atoms with Gasteiger partial charge in [-0.05, 0) is 42.3 Å². The molecule has 0 aliphatic carbocycles. The third kappa shape index (κ3) is 3.67. The molecule has 0 aliphatic heterocycles. The summed E-state index contributed by atoms with van der Waals surface area (Å²) in [6, 6.07) is 13.8. The zero-order chi connectivity index (χ0) is 19.5. The molecule has 3 heterocycles. The fourth-order valence-corrected chi connectivity index (χ4v) is 4.11. The number of thiophene rings is 1. The normalized spacial score (nSPS) is 12.2. The number of halogens is 1. The Kier molecular flexibility index (Phi) is 5.18. The second kappa shape index (κ2) is 7.92. The number of carbonyl (C=O) groups is 1. The summed E-state index contributed by atoms with van der Waals surface area (Å²) < 4.78 is 13.9. The topological polar surface area (TPSA) is 83.8 Å². The van der Waals surface area contributed by atoms with Crippen molar-refractivity contribution in [2.24, 2.45) is 5.73 Å². The minimum atomic E-state index is -0.341. The van der Waals surface area contributed by atoms with Crippen molar-refractivity contribution in [2.75, 3.05) is 6.54 Å². The lowest BCUT2D eigenvalue weighted by Gasteiger charge is -2.16. The number of aromatic amines is 1. The minimum Gasteiger partial charge on any atom is -0.347 e. The van der Waals surface area contributed by atoms with Crippen LogP contribution in [0.3, 0.4) is 0 Å². The summed E-state index contributed by atoms with van der Waals surface area (Å²) in [4.78, 5) is 21.6. The van der Waals surface area contributed by atoms with Crippen LogP contribution in [-0.2, 0) is 6.42 Å². The lowest BCUT2D eigenvalue weighted by Crippen LogP contribution is -2.41. The molecule has 1 amide bonds. The molecule has 0 bridgehead atoms. The van der Waals surface area contributed by atoms with Crippen LogP contribution in [0.25, 0.3) is 21.5 Å². The Bertz CT molecular complexity index is 1120. The third-order valence-corrected chi connectivity index (χ3v) is 5.72. The van der Waals surface area contributed by atoms with Gasteiger partial charge in [-0.2, -0.15) is 0 Å². The fraction of sp³-hybridized carbons (Fsp3) is 0.143. The van der Waals surface area contributed by atoms with E-state index in [9.17, 15) is 9.18 Å². The number of pyridine rings is 1. The molecule has 0 fully saturated rings. The van der Waals surface area contributed by atoms with Crippen molar-refractivity contribution in [3.63, 3.8) is 0 Å². The van der Waals surface area contributed by atoms with Gasteiger partial charge in [0.1, 0.15) is 11.5 Å². The standard InChI is InChI=1S/C21H19FN4OS/c22-17-4-2-1-3-13(17)11-14(12-23)26-21(27)19-6-5-18(28-19)15-7-9-24-20-16(15)8-10-25-20/h1-10,14H,11-12,23H2,(H,24,25)(H,26,27)/t14-/m0/s1. The first-order chi connectivity index (χ1) is 13.7. The van der Waals surface area contributed by atoms with Crippen LogP contribution in [0.4, 0.5) is 4.39 Å². The number of H-pyrrole nitrogens is 1.